The molecule has 2 nitrogen and oxygen atoms in total. The van der Waals surface area contributed by atoms with Crippen molar-refractivity contribution in [3.05, 3.63) is 24.3 Å². The molecule has 0 bridgehead atoms. The second-order valence-electron chi connectivity index (χ2n) is 3.00. The molecule has 0 saturated carbocycles. The lowest BCUT2D eigenvalue weighted by molar-refractivity contribution is -0.116. The van der Waals surface area contributed by atoms with Crippen LogP contribution in [-0.2, 0) is 4.79 Å². The molecule has 76 valence electrons. The van der Waals surface area contributed by atoms with Crippen LogP contribution in [0.15, 0.2) is 29.2 Å². The Morgan fingerprint density at radius 3 is 2.36 bits per heavy atom. The normalized spacial score (nSPS) is 9.93. The van der Waals surface area contributed by atoms with E-state index in [1.807, 2.05) is 24.3 Å². The third-order valence-electron chi connectivity index (χ3n) is 2.01. The van der Waals surface area contributed by atoms with Crippen molar-refractivity contribution in [1.82, 2.24) is 0 Å². The van der Waals surface area contributed by atoms with Crippen LogP contribution in [0.4, 0.5) is 5.69 Å². The zero-order valence-electron chi connectivity index (χ0n) is 8.78. The Morgan fingerprint density at radius 2 is 1.93 bits per heavy atom. The van der Waals surface area contributed by atoms with Crippen molar-refractivity contribution in [2.45, 2.75) is 18.7 Å². The van der Waals surface area contributed by atoms with Gasteiger partial charge in [0, 0.05) is 24.6 Å². The Morgan fingerprint density at radius 1 is 1.36 bits per heavy atom. The molecule has 1 rings (SSSR count). The first-order chi connectivity index (χ1) is 6.65. The maximum Gasteiger partial charge on any atom is 0.223 e. The molecule has 0 aliphatic carbocycles. The summed E-state index contributed by atoms with van der Waals surface area (Å²) in [6.45, 7) is 3.69. The SMILES string of the molecule is CCSc1ccc(N(C)C(C)=O)cc1. The van der Waals surface area contributed by atoms with Crippen molar-refractivity contribution >= 4 is 23.4 Å². The molecule has 3 heteroatoms. The summed E-state index contributed by atoms with van der Waals surface area (Å²) in [5.74, 6) is 1.13. The zero-order valence-corrected chi connectivity index (χ0v) is 9.60. The van der Waals surface area contributed by atoms with Crippen LogP contribution >= 0.6 is 11.8 Å². The number of rotatable bonds is 3. The molecule has 1 aromatic rings. The van der Waals surface area contributed by atoms with Gasteiger partial charge in [0.1, 0.15) is 0 Å². The first-order valence-corrected chi connectivity index (χ1v) is 5.61. The highest BCUT2D eigenvalue weighted by atomic mass is 32.2. The minimum absolute atomic E-state index is 0.0564. The van der Waals surface area contributed by atoms with Gasteiger partial charge >= 0.3 is 0 Å². The lowest BCUT2D eigenvalue weighted by atomic mass is 10.3. The topological polar surface area (TPSA) is 20.3 Å². The number of benzene rings is 1. The molecule has 1 amide bonds. The van der Waals surface area contributed by atoms with E-state index in [1.54, 1.807) is 30.6 Å². The maximum atomic E-state index is 11.1. The standard InChI is InChI=1S/C11H15NOS/c1-4-14-11-7-5-10(6-8-11)12(3)9(2)13/h5-8H,4H2,1-3H3. The fourth-order valence-electron chi connectivity index (χ4n) is 1.11. The summed E-state index contributed by atoms with van der Waals surface area (Å²) >= 11 is 1.80. The molecule has 0 fully saturated rings. The Hall–Kier alpha value is -0.960. The van der Waals surface area contributed by atoms with Gasteiger partial charge in [-0.3, -0.25) is 4.79 Å². The number of carbonyl (C=O) groups excluding carboxylic acids is 1. The van der Waals surface area contributed by atoms with Crippen LogP contribution in [-0.4, -0.2) is 18.7 Å². The Bertz CT molecular complexity index is 308. The average Bonchev–Trinajstić information content (AvgIpc) is 2.18. The second-order valence-corrected chi connectivity index (χ2v) is 4.34. The number of hydrogen-bond acceptors (Lipinski definition) is 2. The van der Waals surface area contributed by atoms with Gasteiger partial charge in [0.2, 0.25) is 5.91 Å². The summed E-state index contributed by atoms with van der Waals surface area (Å²) in [4.78, 5) is 14.0. The molecule has 0 unspecified atom stereocenters. The monoisotopic (exact) mass is 209 g/mol. The first-order valence-electron chi connectivity index (χ1n) is 4.62. The van der Waals surface area contributed by atoms with Gasteiger partial charge in [0.25, 0.3) is 0 Å². The predicted octanol–water partition coefficient (Wildman–Crippen LogP) is 2.78. The summed E-state index contributed by atoms with van der Waals surface area (Å²) in [5, 5.41) is 0. The summed E-state index contributed by atoms with van der Waals surface area (Å²) in [6.07, 6.45) is 0. The molecule has 0 spiro atoms. The van der Waals surface area contributed by atoms with Crippen LogP contribution in [0.5, 0.6) is 0 Å². The van der Waals surface area contributed by atoms with Crippen LogP contribution in [0, 0.1) is 0 Å². The van der Waals surface area contributed by atoms with Gasteiger partial charge in [0.05, 0.1) is 0 Å². The molecule has 14 heavy (non-hydrogen) atoms. The number of hydrogen-bond donors (Lipinski definition) is 0. The number of nitrogens with zero attached hydrogens (tertiary/aromatic N) is 1. The number of carbonyl (C=O) groups is 1. The van der Waals surface area contributed by atoms with Crippen LogP contribution in [0.3, 0.4) is 0 Å². The largest absolute Gasteiger partial charge is 0.316 e. The molecule has 0 atom stereocenters. The predicted molar refractivity (Wildman–Crippen MR) is 61.9 cm³/mol. The minimum Gasteiger partial charge on any atom is -0.316 e. The first kappa shape index (κ1) is 11.1. The Kier molecular flexibility index (Phi) is 4.01. The van der Waals surface area contributed by atoms with E-state index in [4.69, 9.17) is 0 Å². The smallest absolute Gasteiger partial charge is 0.223 e. The van der Waals surface area contributed by atoms with E-state index in [-0.39, 0.29) is 5.91 Å². The second kappa shape index (κ2) is 5.05. The summed E-state index contributed by atoms with van der Waals surface area (Å²) in [5.41, 5.74) is 0.943. The highest BCUT2D eigenvalue weighted by Gasteiger charge is 2.04. The zero-order chi connectivity index (χ0) is 10.6. The van der Waals surface area contributed by atoms with E-state index in [9.17, 15) is 4.79 Å². The van der Waals surface area contributed by atoms with Gasteiger partial charge in [-0.1, -0.05) is 6.92 Å². The molecular formula is C11H15NOS. The fraction of sp³-hybridized carbons (Fsp3) is 0.364. The number of amides is 1. The lowest BCUT2D eigenvalue weighted by Crippen LogP contribution is -2.22. The van der Waals surface area contributed by atoms with E-state index < -0.39 is 0 Å². The highest BCUT2D eigenvalue weighted by Crippen LogP contribution is 2.21. The van der Waals surface area contributed by atoms with Crippen LogP contribution in [0.1, 0.15) is 13.8 Å². The van der Waals surface area contributed by atoms with Crippen LogP contribution < -0.4 is 4.90 Å². The lowest BCUT2D eigenvalue weighted by Gasteiger charge is -2.14. The molecule has 0 heterocycles. The van der Waals surface area contributed by atoms with Gasteiger partial charge in [-0.05, 0) is 30.0 Å². The molecule has 0 N–H and O–H groups in total. The van der Waals surface area contributed by atoms with Crippen molar-refractivity contribution in [2.75, 3.05) is 17.7 Å². The Labute approximate surface area is 89.3 Å². The summed E-state index contributed by atoms with van der Waals surface area (Å²) in [7, 11) is 1.78. The summed E-state index contributed by atoms with van der Waals surface area (Å²) < 4.78 is 0. The third kappa shape index (κ3) is 2.77. The molecule has 0 radical (unpaired) electrons. The van der Waals surface area contributed by atoms with E-state index in [2.05, 4.69) is 6.92 Å². The van der Waals surface area contributed by atoms with Crippen molar-refractivity contribution in [2.24, 2.45) is 0 Å². The van der Waals surface area contributed by atoms with E-state index in [0.29, 0.717) is 0 Å². The van der Waals surface area contributed by atoms with Gasteiger partial charge in [0.15, 0.2) is 0 Å². The molecule has 0 aliphatic heterocycles. The molecule has 0 saturated heterocycles. The van der Waals surface area contributed by atoms with Crippen molar-refractivity contribution in [1.29, 1.82) is 0 Å². The molecule has 0 aliphatic rings. The molecular weight excluding hydrogens is 194 g/mol. The number of thioether (sulfide) groups is 1. The molecule has 1 aromatic carbocycles. The van der Waals surface area contributed by atoms with Gasteiger partial charge in [-0.2, -0.15) is 0 Å². The van der Waals surface area contributed by atoms with Crippen molar-refractivity contribution in [3.63, 3.8) is 0 Å². The van der Waals surface area contributed by atoms with Gasteiger partial charge in [-0.25, -0.2) is 0 Å². The van der Waals surface area contributed by atoms with Crippen molar-refractivity contribution in [3.8, 4) is 0 Å². The van der Waals surface area contributed by atoms with Crippen LogP contribution in [0.2, 0.25) is 0 Å². The van der Waals surface area contributed by atoms with Crippen LogP contribution in [0.25, 0.3) is 0 Å². The number of anilines is 1. The quantitative estimate of drug-likeness (QED) is 0.713. The summed E-state index contributed by atoms with van der Waals surface area (Å²) in [6, 6.07) is 8.03. The maximum absolute atomic E-state index is 11.1. The minimum atomic E-state index is 0.0564. The third-order valence-corrected chi connectivity index (χ3v) is 2.90. The van der Waals surface area contributed by atoms with Gasteiger partial charge < -0.3 is 4.90 Å². The van der Waals surface area contributed by atoms with E-state index in [0.717, 1.165) is 11.4 Å². The molecule has 0 aromatic heterocycles. The van der Waals surface area contributed by atoms with Crippen molar-refractivity contribution < 1.29 is 4.79 Å². The highest BCUT2D eigenvalue weighted by molar-refractivity contribution is 7.99. The van der Waals surface area contributed by atoms with Gasteiger partial charge in [-0.15, -0.1) is 11.8 Å². The van der Waals surface area contributed by atoms with E-state index >= 15 is 0 Å². The van der Waals surface area contributed by atoms with E-state index in [1.165, 1.54) is 4.90 Å². The Balaban J connectivity index is 2.77. The average molecular weight is 209 g/mol. The fourth-order valence-corrected chi connectivity index (χ4v) is 1.78.